The molecule has 1 aromatic heterocycles. The molecule has 0 bridgehead atoms. The van der Waals surface area contributed by atoms with Crippen LogP contribution >= 0.6 is 35.4 Å². The molecular formula is H3N3P4. The van der Waals surface area contributed by atoms with E-state index in [0.717, 1.165) is 25.5 Å². The number of hydrogen-bond acceptors (Lipinski definition) is 3. The van der Waals surface area contributed by atoms with Crippen LogP contribution in [0.3, 0.4) is 0 Å². The quantitative estimate of drug-likeness (QED) is 0.554. The molecular weight excluding hydrogens is 166 g/mol. The average molecular weight is 169 g/mol. The lowest BCUT2D eigenvalue weighted by atomic mass is 13.9. The number of hydrogen-bond donors (Lipinski definition) is 0. The first-order valence-electron chi connectivity index (χ1n) is 1.20. The van der Waals surface area contributed by atoms with E-state index in [2.05, 4.69) is 13.5 Å². The average Bonchev–Trinajstić information content (AvgIpc) is 1.72. The minimum Gasteiger partial charge on any atom is -0.166 e. The van der Waals surface area contributed by atoms with Gasteiger partial charge in [0.1, 0.15) is 0 Å². The Balaban J connectivity index is 0.000000360. The van der Waals surface area contributed by atoms with Crippen LogP contribution in [-0.2, 0) is 0 Å². The van der Waals surface area contributed by atoms with Gasteiger partial charge in [-0.3, -0.25) is 0 Å². The molecule has 0 spiro atoms. The van der Waals surface area contributed by atoms with E-state index in [0.29, 0.717) is 0 Å². The van der Waals surface area contributed by atoms with Gasteiger partial charge in [-0.1, -0.05) is 0 Å². The highest BCUT2D eigenvalue weighted by molar-refractivity contribution is 7.43. The maximum atomic E-state index is 3.78. The van der Waals surface area contributed by atoms with Crippen molar-refractivity contribution in [1.29, 1.82) is 0 Å². The summed E-state index contributed by atoms with van der Waals surface area (Å²) in [4.78, 5) is 0. The van der Waals surface area contributed by atoms with Gasteiger partial charge >= 0.3 is 0 Å². The molecule has 0 aliphatic heterocycles. The Hall–Kier alpha value is 0.730. The second kappa shape index (κ2) is 4.88. The maximum Gasteiger partial charge on any atom is 0.166 e. The fourth-order valence-corrected chi connectivity index (χ4v) is 1.93. The lowest BCUT2D eigenvalue weighted by Gasteiger charge is -1.64. The number of nitrogens with zero attached hydrogens (tertiary/aromatic N) is 3. The number of aromatic nitrogens is 3. The molecule has 0 saturated carbocycles. The predicted molar refractivity (Wildman–Crippen MR) is 38.5 cm³/mol. The lowest BCUT2D eigenvalue weighted by Crippen LogP contribution is -1.47. The molecule has 0 N–H and O–H groups in total. The Labute approximate surface area is 49.7 Å². The van der Waals surface area contributed by atoms with Crippen LogP contribution in [0.4, 0.5) is 0 Å². The van der Waals surface area contributed by atoms with Crippen LogP contribution in [0, 0.1) is 0 Å². The molecule has 0 saturated heterocycles. The standard InChI is InChI=1S/N3P3.H3P/c1-4-2-6-3-5-1;/h;1H3. The minimum atomic E-state index is 0. The van der Waals surface area contributed by atoms with E-state index in [4.69, 9.17) is 0 Å². The Morgan fingerprint density at radius 2 is 1.00 bits per heavy atom. The maximum absolute atomic E-state index is 3.78. The summed E-state index contributed by atoms with van der Waals surface area (Å²) >= 11 is 0. The van der Waals surface area contributed by atoms with Gasteiger partial charge < -0.3 is 0 Å². The Morgan fingerprint density at radius 3 is 1.14 bits per heavy atom. The zero-order chi connectivity index (χ0) is 4.24. The normalized spacial score (nSPS) is 10.3. The van der Waals surface area contributed by atoms with Crippen LogP contribution in [-0.4, -0.2) is 13.5 Å². The third-order valence-corrected chi connectivity index (χ3v) is 2.16. The van der Waals surface area contributed by atoms with Crippen LogP contribution in [0.2, 0.25) is 0 Å². The molecule has 7 heteroatoms. The van der Waals surface area contributed by atoms with Gasteiger partial charge in [0.2, 0.25) is 0 Å². The van der Waals surface area contributed by atoms with E-state index in [1.807, 2.05) is 0 Å². The Kier molecular flexibility index (Phi) is 5.39. The summed E-state index contributed by atoms with van der Waals surface area (Å²) < 4.78 is 11.3. The first-order chi connectivity index (χ1) is 3.00. The topological polar surface area (TPSA) is 38.7 Å². The SMILES string of the molecule is P.n1pnpnp1. The monoisotopic (exact) mass is 169 g/mol. The molecule has 3 nitrogen and oxygen atoms in total. The minimum absolute atomic E-state index is 0. The Morgan fingerprint density at radius 1 is 0.714 bits per heavy atom. The fourth-order valence-electron chi connectivity index (χ4n) is 0.107. The molecule has 1 aromatic rings. The van der Waals surface area contributed by atoms with Crippen LogP contribution in [0.15, 0.2) is 0 Å². The van der Waals surface area contributed by atoms with E-state index in [1.165, 1.54) is 0 Å². The zero-order valence-electron chi connectivity index (χ0n) is 3.39. The van der Waals surface area contributed by atoms with Gasteiger partial charge in [0.05, 0.1) is 0 Å². The van der Waals surface area contributed by atoms with Crippen molar-refractivity contribution in [2.45, 2.75) is 0 Å². The first kappa shape index (κ1) is 7.73. The van der Waals surface area contributed by atoms with Crippen molar-refractivity contribution in [3.8, 4) is 0 Å². The highest BCUT2D eigenvalue weighted by Crippen LogP contribution is 2.01. The second-order valence-electron chi connectivity index (χ2n) is 0.537. The van der Waals surface area contributed by atoms with Crippen LogP contribution < -0.4 is 0 Å². The van der Waals surface area contributed by atoms with Gasteiger partial charge in [-0.05, 0) is 0 Å². The van der Waals surface area contributed by atoms with E-state index >= 15 is 0 Å². The molecule has 1 rings (SSSR count). The van der Waals surface area contributed by atoms with Gasteiger partial charge in [0, 0.05) is 0 Å². The van der Waals surface area contributed by atoms with E-state index < -0.39 is 0 Å². The smallest absolute Gasteiger partial charge is 0.166 e. The molecule has 0 aliphatic rings. The van der Waals surface area contributed by atoms with Gasteiger partial charge in [-0.25, -0.2) is 0 Å². The van der Waals surface area contributed by atoms with Crippen molar-refractivity contribution in [2.75, 3.05) is 0 Å². The summed E-state index contributed by atoms with van der Waals surface area (Å²) in [5.74, 6) is 0. The van der Waals surface area contributed by atoms with E-state index in [-0.39, 0.29) is 9.90 Å². The lowest BCUT2D eigenvalue weighted by molar-refractivity contribution is 1.69. The van der Waals surface area contributed by atoms with E-state index in [9.17, 15) is 0 Å². The molecule has 1 unspecified atom stereocenters. The van der Waals surface area contributed by atoms with Gasteiger partial charge in [0.15, 0.2) is 25.5 Å². The van der Waals surface area contributed by atoms with Crippen molar-refractivity contribution in [3.63, 3.8) is 0 Å². The predicted octanol–water partition coefficient (Wildman–Crippen LogP) is 1.67. The highest BCUT2D eigenvalue weighted by atomic mass is 31.1. The first-order valence-corrected chi connectivity index (χ1v) is 3.60. The van der Waals surface area contributed by atoms with Crippen molar-refractivity contribution in [1.82, 2.24) is 13.5 Å². The van der Waals surface area contributed by atoms with Crippen molar-refractivity contribution >= 4 is 35.4 Å². The molecule has 1 atom stereocenters. The molecule has 0 amide bonds. The third-order valence-electron chi connectivity index (χ3n) is 0.240. The molecule has 0 radical (unpaired) electrons. The van der Waals surface area contributed by atoms with E-state index in [1.54, 1.807) is 0 Å². The van der Waals surface area contributed by atoms with Crippen molar-refractivity contribution in [3.05, 3.63) is 0 Å². The summed E-state index contributed by atoms with van der Waals surface area (Å²) in [6.45, 7) is 0. The molecule has 0 aromatic carbocycles. The van der Waals surface area contributed by atoms with Gasteiger partial charge in [0.25, 0.3) is 0 Å². The van der Waals surface area contributed by atoms with Gasteiger partial charge in [-0.2, -0.15) is 23.4 Å². The molecule has 38 valence electrons. The molecule has 0 fully saturated rings. The highest BCUT2D eigenvalue weighted by Gasteiger charge is 1.64. The summed E-state index contributed by atoms with van der Waals surface area (Å²) in [5, 5.41) is 0. The number of rotatable bonds is 0. The van der Waals surface area contributed by atoms with Crippen LogP contribution in [0.1, 0.15) is 0 Å². The van der Waals surface area contributed by atoms with Gasteiger partial charge in [-0.15, -0.1) is 0 Å². The zero-order valence-corrected chi connectivity index (χ0v) is 7.49. The molecule has 1 heterocycles. The largest absolute Gasteiger partial charge is 0.166 e. The Bertz CT molecular complexity index is 78.9. The summed E-state index contributed by atoms with van der Waals surface area (Å²) in [5.41, 5.74) is 0. The summed E-state index contributed by atoms with van der Waals surface area (Å²) in [7, 11) is 2.49. The fraction of sp³-hybridized carbons (Fsp3) is 0. The van der Waals surface area contributed by atoms with Crippen molar-refractivity contribution in [2.24, 2.45) is 0 Å². The summed E-state index contributed by atoms with van der Waals surface area (Å²) in [6, 6.07) is 0. The summed E-state index contributed by atoms with van der Waals surface area (Å²) in [6.07, 6.45) is 0. The van der Waals surface area contributed by atoms with Crippen LogP contribution in [0.25, 0.3) is 0 Å². The third kappa shape index (κ3) is 3.32. The molecule has 7 heavy (non-hydrogen) atoms. The van der Waals surface area contributed by atoms with Crippen molar-refractivity contribution < 1.29 is 0 Å². The van der Waals surface area contributed by atoms with Crippen LogP contribution in [0.5, 0.6) is 0 Å². The second-order valence-corrected chi connectivity index (χ2v) is 3.22. The molecule has 0 aliphatic carbocycles.